The lowest BCUT2D eigenvalue weighted by molar-refractivity contribution is 0.0955. The summed E-state index contributed by atoms with van der Waals surface area (Å²) in [6, 6.07) is 4.01. The molecule has 20 heavy (non-hydrogen) atoms. The Morgan fingerprint density at radius 3 is 2.70 bits per heavy atom. The van der Waals surface area contributed by atoms with Crippen LogP contribution in [-0.4, -0.2) is 26.2 Å². The number of carbonyl (C=O) groups is 1. The Kier molecular flexibility index (Phi) is 3.48. The molecule has 1 aromatic carbocycles. The van der Waals surface area contributed by atoms with Gasteiger partial charge in [-0.25, -0.2) is 0 Å². The minimum Gasteiger partial charge on any atom is -0.493 e. The number of thiophene rings is 1. The quantitative estimate of drug-likeness (QED) is 0.940. The molecular weight excluding hydrogens is 298 g/mol. The van der Waals surface area contributed by atoms with Crippen molar-refractivity contribution in [1.29, 1.82) is 0 Å². The minimum absolute atomic E-state index is 0.111. The van der Waals surface area contributed by atoms with Crippen molar-refractivity contribution in [3.8, 4) is 11.5 Å². The molecule has 0 spiro atoms. The molecule has 106 valence electrons. The summed E-state index contributed by atoms with van der Waals surface area (Å²) in [5, 5.41) is 4.12. The molecule has 2 aromatic rings. The Bertz CT molecular complexity index is 679. The third-order valence-corrected chi connectivity index (χ3v) is 4.90. The first-order valence-electron chi connectivity index (χ1n) is 6.29. The maximum atomic E-state index is 12.2. The van der Waals surface area contributed by atoms with Crippen molar-refractivity contribution in [3.05, 3.63) is 22.0 Å². The van der Waals surface area contributed by atoms with Crippen molar-refractivity contribution in [2.24, 2.45) is 0 Å². The lowest BCUT2D eigenvalue weighted by Gasteiger charge is -2.08. The van der Waals surface area contributed by atoms with Crippen molar-refractivity contribution < 1.29 is 14.3 Å². The van der Waals surface area contributed by atoms with Crippen molar-refractivity contribution in [1.82, 2.24) is 5.32 Å². The molecule has 1 aliphatic carbocycles. The molecule has 1 heterocycles. The highest BCUT2D eigenvalue weighted by atomic mass is 35.5. The maximum absolute atomic E-state index is 12.2. The zero-order valence-electron chi connectivity index (χ0n) is 11.2. The van der Waals surface area contributed by atoms with E-state index in [1.165, 1.54) is 11.3 Å². The van der Waals surface area contributed by atoms with Gasteiger partial charge in [-0.2, -0.15) is 0 Å². The number of halogens is 1. The largest absolute Gasteiger partial charge is 0.493 e. The average molecular weight is 312 g/mol. The smallest absolute Gasteiger partial charge is 0.263 e. The van der Waals surface area contributed by atoms with Crippen molar-refractivity contribution >= 4 is 38.9 Å². The van der Waals surface area contributed by atoms with Crippen LogP contribution < -0.4 is 14.8 Å². The second-order valence-electron chi connectivity index (χ2n) is 4.67. The summed E-state index contributed by atoms with van der Waals surface area (Å²) >= 11 is 7.75. The van der Waals surface area contributed by atoms with Crippen LogP contribution in [0, 0.1) is 0 Å². The summed E-state index contributed by atoms with van der Waals surface area (Å²) < 4.78 is 11.6. The molecule has 0 saturated heterocycles. The third kappa shape index (κ3) is 2.21. The van der Waals surface area contributed by atoms with Gasteiger partial charge in [-0.05, 0) is 25.0 Å². The summed E-state index contributed by atoms with van der Waals surface area (Å²) in [5.41, 5.74) is 0. The molecule has 0 radical (unpaired) electrons. The number of benzene rings is 1. The topological polar surface area (TPSA) is 47.6 Å². The van der Waals surface area contributed by atoms with E-state index >= 15 is 0 Å². The van der Waals surface area contributed by atoms with Crippen LogP contribution in [-0.2, 0) is 0 Å². The molecule has 1 aliphatic rings. The van der Waals surface area contributed by atoms with Gasteiger partial charge in [0, 0.05) is 10.7 Å². The van der Waals surface area contributed by atoms with E-state index in [0.717, 1.165) is 22.9 Å². The highest BCUT2D eigenvalue weighted by Gasteiger charge is 2.27. The molecule has 1 N–H and O–H groups in total. The van der Waals surface area contributed by atoms with Gasteiger partial charge < -0.3 is 14.8 Å². The van der Waals surface area contributed by atoms with E-state index in [1.54, 1.807) is 14.2 Å². The molecule has 0 bridgehead atoms. The third-order valence-electron chi connectivity index (χ3n) is 3.26. The lowest BCUT2D eigenvalue weighted by Crippen LogP contribution is -2.24. The van der Waals surface area contributed by atoms with E-state index in [1.807, 2.05) is 12.1 Å². The van der Waals surface area contributed by atoms with Crippen molar-refractivity contribution in [2.75, 3.05) is 14.2 Å². The number of rotatable bonds is 4. The molecule has 1 aromatic heterocycles. The van der Waals surface area contributed by atoms with E-state index in [2.05, 4.69) is 5.32 Å². The van der Waals surface area contributed by atoms with Crippen LogP contribution in [0.4, 0.5) is 0 Å². The van der Waals surface area contributed by atoms with Crippen molar-refractivity contribution in [2.45, 2.75) is 18.9 Å². The Hall–Kier alpha value is -1.46. The SMILES string of the molecule is COc1ccc2sc(C(=O)NC3CC3)c(Cl)c2c1OC. The standard InChI is InChI=1S/C14H14ClNO3S/c1-18-8-5-6-9-10(12(8)19-2)11(15)13(20-9)14(17)16-7-3-4-7/h5-7H,3-4H2,1-2H3,(H,16,17). The van der Waals surface area contributed by atoms with Crippen LogP contribution in [0.3, 0.4) is 0 Å². The molecule has 0 aliphatic heterocycles. The first kappa shape index (κ1) is 13.5. The average Bonchev–Trinajstić information content (AvgIpc) is 3.20. The van der Waals surface area contributed by atoms with E-state index in [4.69, 9.17) is 21.1 Å². The first-order valence-corrected chi connectivity index (χ1v) is 7.49. The van der Waals surface area contributed by atoms with Gasteiger partial charge in [0.1, 0.15) is 4.88 Å². The van der Waals surface area contributed by atoms with Crippen LogP contribution in [0.5, 0.6) is 11.5 Å². The minimum atomic E-state index is -0.111. The number of nitrogens with one attached hydrogen (secondary N) is 1. The first-order chi connectivity index (χ1) is 9.65. The fraction of sp³-hybridized carbons (Fsp3) is 0.357. The molecule has 1 fully saturated rings. The predicted octanol–water partition coefficient (Wildman–Crippen LogP) is 3.46. The highest BCUT2D eigenvalue weighted by Crippen LogP contribution is 2.45. The van der Waals surface area contributed by atoms with E-state index in [-0.39, 0.29) is 5.91 Å². The summed E-state index contributed by atoms with van der Waals surface area (Å²) in [4.78, 5) is 12.7. The number of fused-ring (bicyclic) bond motifs is 1. The molecule has 6 heteroatoms. The second kappa shape index (κ2) is 5.14. The monoisotopic (exact) mass is 311 g/mol. The number of hydrogen-bond donors (Lipinski definition) is 1. The van der Waals surface area contributed by atoms with Gasteiger partial charge >= 0.3 is 0 Å². The lowest BCUT2D eigenvalue weighted by atomic mass is 10.2. The van der Waals surface area contributed by atoms with Gasteiger partial charge in [-0.3, -0.25) is 4.79 Å². The van der Waals surface area contributed by atoms with Crippen LogP contribution in [0.2, 0.25) is 5.02 Å². The fourth-order valence-corrected chi connectivity index (χ4v) is 3.54. The molecule has 3 rings (SSSR count). The molecule has 0 unspecified atom stereocenters. The highest BCUT2D eigenvalue weighted by molar-refractivity contribution is 7.21. The normalized spacial score (nSPS) is 14.3. The Balaban J connectivity index is 2.11. The van der Waals surface area contributed by atoms with Gasteiger partial charge in [-0.15, -0.1) is 11.3 Å². The Morgan fingerprint density at radius 1 is 1.35 bits per heavy atom. The summed E-state index contributed by atoms with van der Waals surface area (Å²) in [6.45, 7) is 0. The van der Waals surface area contributed by atoms with Gasteiger partial charge in [-0.1, -0.05) is 11.6 Å². The van der Waals surface area contributed by atoms with Crippen LogP contribution in [0.15, 0.2) is 12.1 Å². The summed E-state index contributed by atoms with van der Waals surface area (Å²) in [7, 11) is 3.14. The zero-order chi connectivity index (χ0) is 14.3. The van der Waals surface area contributed by atoms with Crippen LogP contribution >= 0.6 is 22.9 Å². The molecular formula is C14H14ClNO3S. The second-order valence-corrected chi connectivity index (χ2v) is 6.10. The van der Waals surface area contributed by atoms with Gasteiger partial charge in [0.25, 0.3) is 5.91 Å². The van der Waals surface area contributed by atoms with E-state index in [9.17, 15) is 4.79 Å². The molecule has 1 amide bonds. The number of ether oxygens (including phenoxy) is 2. The van der Waals surface area contributed by atoms with Crippen LogP contribution in [0.1, 0.15) is 22.5 Å². The molecule has 1 saturated carbocycles. The van der Waals surface area contributed by atoms with Crippen molar-refractivity contribution in [3.63, 3.8) is 0 Å². The predicted molar refractivity (Wildman–Crippen MR) is 80.4 cm³/mol. The maximum Gasteiger partial charge on any atom is 0.263 e. The van der Waals surface area contributed by atoms with E-state index in [0.29, 0.717) is 27.4 Å². The van der Waals surface area contributed by atoms with Gasteiger partial charge in [0.05, 0.1) is 24.6 Å². The van der Waals surface area contributed by atoms with Gasteiger partial charge in [0.15, 0.2) is 11.5 Å². The number of carbonyl (C=O) groups excluding carboxylic acids is 1. The van der Waals surface area contributed by atoms with Gasteiger partial charge in [0.2, 0.25) is 0 Å². The van der Waals surface area contributed by atoms with E-state index < -0.39 is 0 Å². The summed E-state index contributed by atoms with van der Waals surface area (Å²) in [5.74, 6) is 1.06. The van der Waals surface area contributed by atoms with Crippen LogP contribution in [0.25, 0.3) is 10.1 Å². The molecule has 0 atom stereocenters. The fourth-order valence-electron chi connectivity index (χ4n) is 2.09. The zero-order valence-corrected chi connectivity index (χ0v) is 12.7. The number of hydrogen-bond acceptors (Lipinski definition) is 4. The number of amides is 1. The summed E-state index contributed by atoms with van der Waals surface area (Å²) in [6.07, 6.45) is 2.09. The Labute approximate surface area is 125 Å². The molecule has 4 nitrogen and oxygen atoms in total. The Morgan fingerprint density at radius 2 is 2.10 bits per heavy atom. The number of methoxy groups -OCH3 is 2.